The van der Waals surface area contributed by atoms with Gasteiger partial charge < -0.3 is 19.5 Å². The summed E-state index contributed by atoms with van der Waals surface area (Å²) in [7, 11) is 0. The Labute approximate surface area is 164 Å². The smallest absolute Gasteiger partial charge is 0.317 e. The van der Waals surface area contributed by atoms with Crippen LogP contribution in [-0.4, -0.2) is 47.4 Å². The molecule has 3 rings (SSSR count). The number of carbonyl (C=O) groups excluding carboxylic acids is 2. The van der Waals surface area contributed by atoms with Gasteiger partial charge in [-0.05, 0) is 49.6 Å². The van der Waals surface area contributed by atoms with E-state index in [-0.39, 0.29) is 18.0 Å². The first kappa shape index (κ1) is 19.3. The van der Waals surface area contributed by atoms with Gasteiger partial charge >= 0.3 is 6.03 Å². The molecule has 0 saturated carbocycles. The van der Waals surface area contributed by atoms with Crippen molar-refractivity contribution in [2.24, 2.45) is 0 Å². The number of nitrogens with zero attached hydrogens (tertiary/aromatic N) is 2. The number of piperidine rings is 1. The van der Waals surface area contributed by atoms with E-state index in [1.54, 1.807) is 21.9 Å². The molecule has 0 unspecified atom stereocenters. The molecule has 2 aromatic rings. The quantitative estimate of drug-likeness (QED) is 0.846. The van der Waals surface area contributed by atoms with Gasteiger partial charge in [-0.15, -0.1) is 0 Å². The molecule has 7 heteroatoms. The summed E-state index contributed by atoms with van der Waals surface area (Å²) in [5.74, 6) is 0.261. The highest BCUT2D eigenvalue weighted by molar-refractivity contribution is 6.30. The van der Waals surface area contributed by atoms with Gasteiger partial charge in [0.1, 0.15) is 0 Å². The largest absolute Gasteiger partial charge is 0.459 e. The van der Waals surface area contributed by atoms with Gasteiger partial charge in [0.15, 0.2) is 5.76 Å². The molecule has 6 nitrogen and oxygen atoms in total. The summed E-state index contributed by atoms with van der Waals surface area (Å²) >= 11 is 6.02. The molecule has 0 aliphatic carbocycles. The summed E-state index contributed by atoms with van der Waals surface area (Å²) in [4.78, 5) is 28.4. The summed E-state index contributed by atoms with van der Waals surface area (Å²) in [6.07, 6.45) is 2.96. The minimum Gasteiger partial charge on any atom is -0.459 e. The Morgan fingerprint density at radius 3 is 2.67 bits per heavy atom. The van der Waals surface area contributed by atoms with Gasteiger partial charge in [-0.1, -0.05) is 23.7 Å². The van der Waals surface area contributed by atoms with E-state index < -0.39 is 0 Å². The van der Waals surface area contributed by atoms with Crippen molar-refractivity contribution >= 4 is 23.5 Å². The van der Waals surface area contributed by atoms with Crippen LogP contribution in [0.2, 0.25) is 5.02 Å². The zero-order valence-electron chi connectivity index (χ0n) is 15.4. The number of likely N-dealkylation sites (tertiary alicyclic amines) is 1. The first-order valence-corrected chi connectivity index (χ1v) is 9.57. The Morgan fingerprint density at radius 2 is 2.04 bits per heavy atom. The molecule has 1 saturated heterocycles. The third-order valence-corrected chi connectivity index (χ3v) is 5.01. The number of hydrogen-bond donors (Lipinski definition) is 1. The van der Waals surface area contributed by atoms with Gasteiger partial charge in [0.05, 0.1) is 6.26 Å². The van der Waals surface area contributed by atoms with Crippen LogP contribution in [0.15, 0.2) is 47.1 Å². The molecule has 144 valence electrons. The fourth-order valence-electron chi connectivity index (χ4n) is 3.23. The van der Waals surface area contributed by atoms with Crippen LogP contribution in [-0.2, 0) is 6.54 Å². The van der Waals surface area contributed by atoms with E-state index in [1.807, 2.05) is 31.2 Å². The van der Waals surface area contributed by atoms with Crippen LogP contribution in [0, 0.1) is 0 Å². The van der Waals surface area contributed by atoms with Crippen molar-refractivity contribution in [2.75, 3.05) is 19.6 Å². The van der Waals surface area contributed by atoms with Gasteiger partial charge in [-0.3, -0.25) is 4.79 Å². The number of halogens is 1. The summed E-state index contributed by atoms with van der Waals surface area (Å²) in [5, 5.41) is 3.76. The van der Waals surface area contributed by atoms with Crippen molar-refractivity contribution < 1.29 is 14.0 Å². The number of nitrogens with one attached hydrogen (secondary N) is 1. The number of amides is 3. The lowest BCUT2D eigenvalue weighted by atomic mass is 10.0. The molecule has 0 bridgehead atoms. The predicted molar refractivity (Wildman–Crippen MR) is 104 cm³/mol. The van der Waals surface area contributed by atoms with Crippen molar-refractivity contribution in [3.8, 4) is 0 Å². The lowest BCUT2D eigenvalue weighted by Gasteiger charge is -2.33. The average molecular weight is 390 g/mol. The highest BCUT2D eigenvalue weighted by Crippen LogP contribution is 2.16. The fourth-order valence-corrected chi connectivity index (χ4v) is 3.44. The van der Waals surface area contributed by atoms with Gasteiger partial charge in [-0.2, -0.15) is 0 Å². The average Bonchev–Trinajstić information content (AvgIpc) is 3.21. The number of carbonyl (C=O) groups is 2. The number of urea groups is 1. The molecule has 1 aliphatic heterocycles. The Kier molecular flexibility index (Phi) is 6.40. The highest BCUT2D eigenvalue weighted by atomic mass is 35.5. The first-order chi connectivity index (χ1) is 13.1. The maximum Gasteiger partial charge on any atom is 0.317 e. The molecule has 1 N–H and O–H groups in total. The monoisotopic (exact) mass is 389 g/mol. The lowest BCUT2D eigenvalue weighted by molar-refractivity contribution is 0.0674. The Morgan fingerprint density at radius 1 is 1.26 bits per heavy atom. The molecule has 0 spiro atoms. The zero-order chi connectivity index (χ0) is 19.2. The third-order valence-electron chi connectivity index (χ3n) is 4.77. The third kappa shape index (κ3) is 5.04. The normalized spacial score (nSPS) is 14.8. The van der Waals surface area contributed by atoms with Crippen molar-refractivity contribution in [1.29, 1.82) is 0 Å². The van der Waals surface area contributed by atoms with Crippen LogP contribution < -0.4 is 5.32 Å². The van der Waals surface area contributed by atoms with Crippen molar-refractivity contribution in [3.05, 3.63) is 59.0 Å². The molecule has 0 radical (unpaired) electrons. The van der Waals surface area contributed by atoms with Crippen molar-refractivity contribution in [2.45, 2.75) is 32.4 Å². The minimum absolute atomic E-state index is 0.0616. The summed E-state index contributed by atoms with van der Waals surface area (Å²) in [5.41, 5.74) is 0.998. The molecule has 1 aromatic heterocycles. The summed E-state index contributed by atoms with van der Waals surface area (Å²) < 4.78 is 5.17. The van der Waals surface area contributed by atoms with Gasteiger partial charge in [0.25, 0.3) is 5.91 Å². The molecule has 1 aromatic carbocycles. The maximum atomic E-state index is 12.6. The second-order valence-corrected chi connectivity index (χ2v) is 7.07. The molecule has 1 aliphatic rings. The van der Waals surface area contributed by atoms with Crippen LogP contribution in [0.3, 0.4) is 0 Å². The highest BCUT2D eigenvalue weighted by Gasteiger charge is 2.26. The fraction of sp³-hybridized carbons (Fsp3) is 0.400. The zero-order valence-corrected chi connectivity index (χ0v) is 16.1. The van der Waals surface area contributed by atoms with Crippen LogP contribution in [0.25, 0.3) is 0 Å². The lowest BCUT2D eigenvalue weighted by Crippen LogP contribution is -2.50. The van der Waals surface area contributed by atoms with Crippen molar-refractivity contribution in [3.63, 3.8) is 0 Å². The Balaban J connectivity index is 1.50. The molecular weight excluding hydrogens is 366 g/mol. The van der Waals surface area contributed by atoms with E-state index in [0.717, 1.165) is 18.4 Å². The van der Waals surface area contributed by atoms with Gasteiger partial charge in [-0.25, -0.2) is 4.79 Å². The van der Waals surface area contributed by atoms with Crippen LogP contribution in [0.4, 0.5) is 4.79 Å². The van der Waals surface area contributed by atoms with E-state index in [4.69, 9.17) is 16.0 Å². The van der Waals surface area contributed by atoms with E-state index in [2.05, 4.69) is 5.32 Å². The van der Waals surface area contributed by atoms with Crippen LogP contribution in [0.5, 0.6) is 0 Å². The predicted octanol–water partition coefficient (Wildman–Crippen LogP) is 3.77. The van der Waals surface area contributed by atoms with Crippen molar-refractivity contribution in [1.82, 2.24) is 15.1 Å². The minimum atomic E-state index is -0.0964. The maximum absolute atomic E-state index is 12.6. The second-order valence-electron chi connectivity index (χ2n) is 6.64. The van der Waals surface area contributed by atoms with E-state index in [9.17, 15) is 9.59 Å². The molecular formula is C20H24ClN3O3. The first-order valence-electron chi connectivity index (χ1n) is 9.19. The van der Waals surface area contributed by atoms with Gasteiger partial charge in [0, 0.05) is 37.2 Å². The number of rotatable bonds is 5. The molecule has 2 heterocycles. The molecule has 3 amide bonds. The van der Waals surface area contributed by atoms with Gasteiger partial charge in [0.2, 0.25) is 0 Å². The van der Waals surface area contributed by atoms with E-state index in [1.165, 1.54) is 6.26 Å². The summed E-state index contributed by atoms with van der Waals surface area (Å²) in [6, 6.07) is 10.9. The van der Waals surface area contributed by atoms with E-state index in [0.29, 0.717) is 37.0 Å². The molecule has 27 heavy (non-hydrogen) atoms. The topological polar surface area (TPSA) is 65.8 Å². The summed E-state index contributed by atoms with van der Waals surface area (Å²) in [6.45, 7) is 4.28. The number of furan rings is 1. The Hall–Kier alpha value is -2.47. The molecule has 0 atom stereocenters. The standard InChI is InChI=1S/C20H24ClN3O3/c1-2-23(14-15-5-3-6-16(21)13-15)20(26)22-17-8-10-24(11-9-17)19(25)18-7-4-12-27-18/h3-7,12-13,17H,2,8-11,14H2,1H3,(H,22,26). The Bertz CT molecular complexity index is 771. The van der Waals surface area contributed by atoms with Crippen LogP contribution in [0.1, 0.15) is 35.9 Å². The number of hydrogen-bond acceptors (Lipinski definition) is 3. The second kappa shape index (κ2) is 8.95. The van der Waals surface area contributed by atoms with Crippen LogP contribution >= 0.6 is 11.6 Å². The number of benzene rings is 1. The molecule has 1 fully saturated rings. The SMILES string of the molecule is CCN(Cc1cccc(Cl)c1)C(=O)NC1CCN(C(=O)c2ccco2)CC1. The van der Waals surface area contributed by atoms with E-state index >= 15 is 0 Å².